The maximum Gasteiger partial charge on any atom is 0.205 e. The normalized spacial score (nSPS) is 20.6. The van der Waals surface area contributed by atoms with E-state index in [1.165, 1.54) is 6.07 Å². The van der Waals surface area contributed by atoms with Crippen LogP contribution in [0.4, 0.5) is 13.2 Å². The summed E-state index contributed by atoms with van der Waals surface area (Å²) in [4.78, 5) is 0. The van der Waals surface area contributed by atoms with Crippen molar-refractivity contribution >= 4 is 0 Å². The van der Waals surface area contributed by atoms with Crippen molar-refractivity contribution in [1.82, 2.24) is 0 Å². The summed E-state index contributed by atoms with van der Waals surface area (Å²) in [7, 11) is 0. The van der Waals surface area contributed by atoms with Gasteiger partial charge < -0.3 is 14.2 Å². The number of rotatable bonds is 5. The molecule has 29 heavy (non-hydrogen) atoms. The van der Waals surface area contributed by atoms with E-state index in [4.69, 9.17) is 14.2 Å². The highest BCUT2D eigenvalue weighted by Crippen LogP contribution is 2.45. The van der Waals surface area contributed by atoms with Crippen LogP contribution >= 0.6 is 0 Å². The van der Waals surface area contributed by atoms with Gasteiger partial charge >= 0.3 is 0 Å². The zero-order chi connectivity index (χ0) is 20.5. The smallest absolute Gasteiger partial charge is 0.205 e. The summed E-state index contributed by atoms with van der Waals surface area (Å²) in [5.74, 6) is -2.80. The Balaban J connectivity index is 1.62. The highest BCUT2D eigenvalue weighted by Gasteiger charge is 2.31. The van der Waals surface area contributed by atoms with E-state index in [9.17, 15) is 8.78 Å². The van der Waals surface area contributed by atoms with E-state index >= 15 is 4.39 Å². The Labute approximate surface area is 168 Å². The van der Waals surface area contributed by atoms with Crippen molar-refractivity contribution in [1.29, 1.82) is 0 Å². The molecule has 2 atom stereocenters. The van der Waals surface area contributed by atoms with E-state index in [0.717, 1.165) is 25.7 Å². The number of hydrogen-bond acceptors (Lipinski definition) is 3. The largest absolute Gasteiger partial charge is 0.491 e. The number of ether oxygens (including phenoxy) is 3. The Morgan fingerprint density at radius 1 is 1.00 bits per heavy atom. The molecule has 2 aliphatic rings. The number of halogens is 3. The molecule has 4 rings (SSSR count). The lowest BCUT2D eigenvalue weighted by molar-refractivity contribution is -0.0213. The minimum atomic E-state index is -1.15. The molecule has 6 heteroatoms. The second kappa shape index (κ2) is 8.27. The zero-order valence-electron chi connectivity index (χ0n) is 16.7. The molecule has 156 valence electrons. The van der Waals surface area contributed by atoms with E-state index in [1.54, 1.807) is 19.1 Å². The molecule has 0 N–H and O–H groups in total. The Kier molecular flexibility index (Phi) is 5.72. The van der Waals surface area contributed by atoms with Gasteiger partial charge in [-0.3, -0.25) is 0 Å². The van der Waals surface area contributed by atoms with Crippen molar-refractivity contribution in [3.8, 4) is 17.2 Å². The number of fused-ring (bicyclic) bond motifs is 2. The second-order valence-electron chi connectivity index (χ2n) is 7.71. The molecule has 0 aliphatic carbocycles. The summed E-state index contributed by atoms with van der Waals surface area (Å²) in [6, 6.07) is 4.92. The van der Waals surface area contributed by atoms with Crippen molar-refractivity contribution in [3.05, 3.63) is 52.3 Å². The minimum absolute atomic E-state index is 0.0447. The molecule has 0 radical (unpaired) electrons. The Morgan fingerprint density at radius 2 is 1.79 bits per heavy atom. The van der Waals surface area contributed by atoms with Crippen LogP contribution in [0.2, 0.25) is 0 Å². The summed E-state index contributed by atoms with van der Waals surface area (Å²) < 4.78 is 60.6. The minimum Gasteiger partial charge on any atom is -0.491 e. The molecule has 0 spiro atoms. The van der Waals surface area contributed by atoms with Crippen LogP contribution in [0.1, 0.15) is 62.3 Å². The third-order valence-electron chi connectivity index (χ3n) is 5.71. The third kappa shape index (κ3) is 3.70. The van der Waals surface area contributed by atoms with Crippen molar-refractivity contribution in [2.24, 2.45) is 5.92 Å². The van der Waals surface area contributed by atoms with Gasteiger partial charge in [-0.15, -0.1) is 0 Å². The summed E-state index contributed by atoms with van der Waals surface area (Å²) in [6.07, 6.45) is 3.82. The van der Waals surface area contributed by atoms with Gasteiger partial charge in [0.15, 0.2) is 23.1 Å². The van der Waals surface area contributed by atoms with Gasteiger partial charge in [0.1, 0.15) is 0 Å². The van der Waals surface area contributed by atoms with Gasteiger partial charge in [0.2, 0.25) is 11.6 Å². The van der Waals surface area contributed by atoms with Crippen LogP contribution in [0.25, 0.3) is 0 Å². The van der Waals surface area contributed by atoms with Crippen LogP contribution in [0.3, 0.4) is 0 Å². The topological polar surface area (TPSA) is 27.7 Å². The standard InChI is InChI=1S/C23H25F3O3/c1-3-5-13-6-9-17(28-12-13)16-8-7-14-10-15-11-18(27-4-2)20(25)21(26)23(15)29-22(14)19(16)24/h7-8,11,13,17H,3-6,9-10,12H2,1-2H3. The van der Waals surface area contributed by atoms with E-state index < -0.39 is 17.5 Å². The van der Waals surface area contributed by atoms with Crippen molar-refractivity contribution in [3.63, 3.8) is 0 Å². The van der Waals surface area contributed by atoms with Gasteiger partial charge in [-0.25, -0.2) is 4.39 Å². The van der Waals surface area contributed by atoms with Gasteiger partial charge in [0.05, 0.1) is 19.3 Å². The fourth-order valence-corrected chi connectivity index (χ4v) is 4.24. The summed E-state index contributed by atoms with van der Waals surface area (Å²) in [5.41, 5.74) is 1.43. The number of benzene rings is 2. The van der Waals surface area contributed by atoms with E-state index in [0.29, 0.717) is 29.2 Å². The Morgan fingerprint density at radius 3 is 2.48 bits per heavy atom. The monoisotopic (exact) mass is 406 g/mol. The predicted molar refractivity (Wildman–Crippen MR) is 103 cm³/mol. The molecular weight excluding hydrogens is 381 g/mol. The van der Waals surface area contributed by atoms with Gasteiger partial charge in [0.25, 0.3) is 0 Å². The molecule has 0 saturated carbocycles. The van der Waals surface area contributed by atoms with E-state index in [-0.39, 0.29) is 36.4 Å². The maximum absolute atomic E-state index is 15.3. The van der Waals surface area contributed by atoms with Gasteiger partial charge in [-0.05, 0) is 38.2 Å². The van der Waals surface area contributed by atoms with Gasteiger partial charge in [0, 0.05) is 23.1 Å². The third-order valence-corrected chi connectivity index (χ3v) is 5.71. The number of hydrogen-bond donors (Lipinski definition) is 0. The second-order valence-corrected chi connectivity index (χ2v) is 7.71. The van der Waals surface area contributed by atoms with Crippen molar-refractivity contribution in [2.75, 3.05) is 13.2 Å². The highest BCUT2D eigenvalue weighted by molar-refractivity contribution is 5.55. The van der Waals surface area contributed by atoms with Gasteiger partial charge in [-0.1, -0.05) is 25.5 Å². The molecule has 1 saturated heterocycles. The summed E-state index contributed by atoms with van der Waals surface area (Å²) >= 11 is 0. The molecule has 2 aliphatic heterocycles. The first-order valence-electron chi connectivity index (χ1n) is 10.3. The molecule has 0 bridgehead atoms. The average Bonchev–Trinajstić information content (AvgIpc) is 2.72. The predicted octanol–water partition coefficient (Wildman–Crippen LogP) is 6.47. The van der Waals surface area contributed by atoms with Crippen LogP contribution in [-0.4, -0.2) is 13.2 Å². The Hall–Kier alpha value is -2.21. The molecular formula is C23H25F3O3. The molecule has 2 aromatic rings. The SMILES string of the molecule is CCCC1CCC(c2ccc3c(c2F)Oc2c(cc(OCC)c(F)c2F)C3)OC1. The first-order chi connectivity index (χ1) is 14.0. The van der Waals surface area contributed by atoms with Gasteiger partial charge in [-0.2, -0.15) is 8.78 Å². The van der Waals surface area contributed by atoms with Crippen LogP contribution in [0.5, 0.6) is 17.2 Å². The first kappa shape index (κ1) is 20.1. The summed E-state index contributed by atoms with van der Waals surface area (Å²) in [5, 5.41) is 0. The highest BCUT2D eigenvalue weighted by atomic mass is 19.2. The lowest BCUT2D eigenvalue weighted by Crippen LogP contribution is -2.21. The molecule has 1 fully saturated rings. The van der Waals surface area contributed by atoms with Crippen LogP contribution in [0.15, 0.2) is 18.2 Å². The summed E-state index contributed by atoms with van der Waals surface area (Å²) in [6.45, 7) is 4.66. The van der Waals surface area contributed by atoms with Crippen LogP contribution in [0, 0.1) is 23.4 Å². The van der Waals surface area contributed by atoms with Crippen LogP contribution < -0.4 is 9.47 Å². The average molecular weight is 406 g/mol. The molecule has 2 heterocycles. The quantitative estimate of drug-likeness (QED) is 0.486. The van der Waals surface area contributed by atoms with Crippen molar-refractivity contribution in [2.45, 2.75) is 52.1 Å². The molecule has 0 amide bonds. The molecule has 2 unspecified atom stereocenters. The maximum atomic E-state index is 15.3. The fourth-order valence-electron chi connectivity index (χ4n) is 4.24. The van der Waals surface area contributed by atoms with E-state index in [1.807, 2.05) is 0 Å². The first-order valence-corrected chi connectivity index (χ1v) is 10.3. The van der Waals surface area contributed by atoms with Crippen LogP contribution in [-0.2, 0) is 11.2 Å². The van der Waals surface area contributed by atoms with E-state index in [2.05, 4.69) is 6.92 Å². The van der Waals surface area contributed by atoms with Crippen molar-refractivity contribution < 1.29 is 27.4 Å². The zero-order valence-corrected chi connectivity index (χ0v) is 16.7. The lowest BCUT2D eigenvalue weighted by atomic mass is 9.90. The lowest BCUT2D eigenvalue weighted by Gasteiger charge is -2.30. The fraction of sp³-hybridized carbons (Fsp3) is 0.478. The molecule has 0 aromatic heterocycles. The molecule has 2 aromatic carbocycles. The Bertz CT molecular complexity index is 905. The molecule has 3 nitrogen and oxygen atoms in total.